The first-order valence-corrected chi connectivity index (χ1v) is 5.93. The van der Waals surface area contributed by atoms with Gasteiger partial charge in [0.15, 0.2) is 5.96 Å². The van der Waals surface area contributed by atoms with Crippen molar-refractivity contribution < 1.29 is 9.42 Å². The van der Waals surface area contributed by atoms with E-state index in [0.717, 1.165) is 5.56 Å². The minimum absolute atomic E-state index is 0.105. The lowest BCUT2D eigenvalue weighted by Crippen LogP contribution is -2.56. The molecule has 3 rings (SSSR count). The molecule has 2 aromatic rings. The highest BCUT2D eigenvalue weighted by molar-refractivity contribution is 6.01. The number of guanidine groups is 1. The lowest BCUT2D eigenvalue weighted by atomic mass is 9.89. The van der Waals surface area contributed by atoms with E-state index in [0.29, 0.717) is 11.0 Å². The van der Waals surface area contributed by atoms with Crippen molar-refractivity contribution in [2.24, 2.45) is 0 Å². The van der Waals surface area contributed by atoms with Crippen molar-refractivity contribution in [3.63, 3.8) is 0 Å². The van der Waals surface area contributed by atoms with Crippen LogP contribution in [-0.4, -0.2) is 40.2 Å². The van der Waals surface area contributed by atoms with Gasteiger partial charge in [0.05, 0.1) is 5.92 Å². The molecule has 0 saturated carbocycles. The smallest absolute Gasteiger partial charge is 0.238 e. The Labute approximate surface area is 109 Å². The van der Waals surface area contributed by atoms with E-state index in [9.17, 15) is 4.79 Å². The molecule has 98 valence electrons. The zero-order valence-corrected chi connectivity index (χ0v) is 10.5. The van der Waals surface area contributed by atoms with Crippen LogP contribution >= 0.6 is 0 Å². The molecule has 1 saturated heterocycles. The number of nitrogens with zero attached hydrogens (tertiary/aromatic N) is 3. The molecule has 1 aliphatic rings. The van der Waals surface area contributed by atoms with Crippen molar-refractivity contribution in [3.05, 3.63) is 23.8 Å². The molecule has 2 heterocycles. The maximum atomic E-state index is 12.3. The lowest BCUT2D eigenvalue weighted by molar-refractivity contribution is -0.129. The molecule has 0 aliphatic carbocycles. The van der Waals surface area contributed by atoms with Gasteiger partial charge in [0, 0.05) is 13.1 Å². The highest BCUT2D eigenvalue weighted by Crippen LogP contribution is 2.27. The summed E-state index contributed by atoms with van der Waals surface area (Å²) in [5.41, 5.74) is 2.13. The van der Waals surface area contributed by atoms with Gasteiger partial charge >= 0.3 is 0 Å². The third-order valence-corrected chi connectivity index (χ3v) is 3.43. The number of hydrogen-bond donors (Lipinski definition) is 2. The molecule has 1 aliphatic heterocycles. The van der Waals surface area contributed by atoms with E-state index in [-0.39, 0.29) is 23.8 Å². The lowest BCUT2D eigenvalue weighted by Gasteiger charge is -2.35. The minimum atomic E-state index is -0.347. The molecule has 1 fully saturated rings. The van der Waals surface area contributed by atoms with Gasteiger partial charge in [-0.05, 0) is 34.9 Å². The highest BCUT2D eigenvalue weighted by Gasteiger charge is 2.36. The van der Waals surface area contributed by atoms with Crippen molar-refractivity contribution >= 4 is 22.9 Å². The molecule has 2 atom stereocenters. The minimum Gasteiger partial charge on any atom is -0.352 e. The molecule has 0 bridgehead atoms. The fourth-order valence-electron chi connectivity index (χ4n) is 2.35. The maximum Gasteiger partial charge on any atom is 0.238 e. The van der Waals surface area contributed by atoms with Crippen LogP contribution in [0.4, 0.5) is 0 Å². The summed E-state index contributed by atoms with van der Waals surface area (Å²) in [6, 6.07) is 5.28. The fourth-order valence-corrected chi connectivity index (χ4v) is 2.35. The van der Waals surface area contributed by atoms with Crippen molar-refractivity contribution in [3.8, 4) is 0 Å². The third-order valence-electron chi connectivity index (χ3n) is 3.43. The monoisotopic (exact) mass is 259 g/mol. The summed E-state index contributed by atoms with van der Waals surface area (Å²) in [6.07, 6.45) is 0. The first-order chi connectivity index (χ1) is 9.08. The van der Waals surface area contributed by atoms with Gasteiger partial charge in [0.25, 0.3) is 0 Å². The van der Waals surface area contributed by atoms with Gasteiger partial charge < -0.3 is 5.32 Å². The van der Waals surface area contributed by atoms with E-state index >= 15 is 0 Å². The summed E-state index contributed by atoms with van der Waals surface area (Å²) in [6.45, 7) is 1.88. The number of carbonyl (C=O) groups is 1. The number of aromatic nitrogens is 2. The maximum absolute atomic E-state index is 12.3. The SMILES string of the molecule is C[C@@H]1NC(=N)N(C)C(=O)C1c1ccc2nonc2c1. The molecular formula is C12H13N5O2. The zero-order valence-electron chi connectivity index (χ0n) is 10.5. The molecule has 2 N–H and O–H groups in total. The van der Waals surface area contributed by atoms with Gasteiger partial charge in [-0.2, -0.15) is 0 Å². The third kappa shape index (κ3) is 1.74. The summed E-state index contributed by atoms with van der Waals surface area (Å²) in [5.74, 6) is -0.329. The molecule has 1 amide bonds. The second-order valence-electron chi connectivity index (χ2n) is 4.67. The van der Waals surface area contributed by atoms with Gasteiger partial charge in [0.1, 0.15) is 11.0 Å². The summed E-state index contributed by atoms with van der Waals surface area (Å²) in [7, 11) is 1.59. The van der Waals surface area contributed by atoms with Crippen LogP contribution in [0.1, 0.15) is 18.4 Å². The Morgan fingerprint density at radius 1 is 1.37 bits per heavy atom. The Morgan fingerprint density at radius 2 is 2.11 bits per heavy atom. The number of nitrogens with one attached hydrogen (secondary N) is 2. The second-order valence-corrected chi connectivity index (χ2v) is 4.67. The molecule has 1 aromatic heterocycles. The summed E-state index contributed by atoms with van der Waals surface area (Å²) in [5, 5.41) is 18.2. The van der Waals surface area contributed by atoms with Gasteiger partial charge in [0.2, 0.25) is 5.91 Å². The standard InChI is InChI=1S/C12H13N5O2/c1-6-10(11(18)17(2)12(13)14-6)7-3-4-8-9(5-7)16-19-15-8/h3-6,10H,1-2H3,(H2,13,14)/t6-,10?/m0/s1. The van der Waals surface area contributed by atoms with E-state index in [4.69, 9.17) is 5.41 Å². The number of hydrogen-bond acceptors (Lipinski definition) is 5. The average Bonchev–Trinajstić information content (AvgIpc) is 2.83. The number of benzene rings is 1. The number of rotatable bonds is 1. The van der Waals surface area contributed by atoms with E-state index < -0.39 is 0 Å². The van der Waals surface area contributed by atoms with Crippen LogP contribution < -0.4 is 5.32 Å². The Bertz CT molecular complexity index is 665. The van der Waals surface area contributed by atoms with Crippen molar-refractivity contribution in [1.82, 2.24) is 20.5 Å². The predicted octanol–water partition coefficient (Wildman–Crippen LogP) is 0.691. The number of amides is 1. The molecule has 7 heteroatoms. The Kier molecular flexibility index (Phi) is 2.48. The topological polar surface area (TPSA) is 95.1 Å². The van der Waals surface area contributed by atoms with Crippen molar-refractivity contribution in [2.75, 3.05) is 7.05 Å². The first-order valence-electron chi connectivity index (χ1n) is 5.93. The van der Waals surface area contributed by atoms with Crippen LogP contribution in [-0.2, 0) is 4.79 Å². The van der Waals surface area contributed by atoms with Crippen LogP contribution in [0.25, 0.3) is 11.0 Å². The molecular weight excluding hydrogens is 246 g/mol. The molecule has 7 nitrogen and oxygen atoms in total. The number of fused-ring (bicyclic) bond motifs is 1. The first kappa shape index (κ1) is 11.6. The Hall–Kier alpha value is -2.44. The van der Waals surface area contributed by atoms with Crippen LogP contribution in [0.2, 0.25) is 0 Å². The average molecular weight is 259 g/mol. The van der Waals surface area contributed by atoms with Gasteiger partial charge in [-0.25, -0.2) is 4.63 Å². The highest BCUT2D eigenvalue weighted by atomic mass is 16.6. The second kappa shape index (κ2) is 4.04. The number of carbonyl (C=O) groups excluding carboxylic acids is 1. The van der Waals surface area contributed by atoms with Crippen LogP contribution in [0, 0.1) is 5.41 Å². The Morgan fingerprint density at radius 3 is 2.89 bits per heavy atom. The van der Waals surface area contributed by atoms with Crippen molar-refractivity contribution in [1.29, 1.82) is 5.41 Å². The van der Waals surface area contributed by atoms with Crippen LogP contribution in [0.3, 0.4) is 0 Å². The van der Waals surface area contributed by atoms with E-state index in [1.807, 2.05) is 13.0 Å². The van der Waals surface area contributed by atoms with E-state index in [2.05, 4.69) is 20.3 Å². The van der Waals surface area contributed by atoms with Crippen molar-refractivity contribution in [2.45, 2.75) is 18.9 Å². The fraction of sp³-hybridized carbons (Fsp3) is 0.333. The molecule has 1 aromatic carbocycles. The zero-order chi connectivity index (χ0) is 13.6. The predicted molar refractivity (Wildman–Crippen MR) is 67.6 cm³/mol. The molecule has 19 heavy (non-hydrogen) atoms. The van der Waals surface area contributed by atoms with Crippen LogP contribution in [0.5, 0.6) is 0 Å². The van der Waals surface area contributed by atoms with Gasteiger partial charge in [-0.3, -0.25) is 15.1 Å². The van der Waals surface area contributed by atoms with E-state index in [1.165, 1.54) is 4.90 Å². The molecule has 0 radical (unpaired) electrons. The van der Waals surface area contributed by atoms with E-state index in [1.54, 1.807) is 19.2 Å². The molecule has 1 unspecified atom stereocenters. The summed E-state index contributed by atoms with van der Waals surface area (Å²) in [4.78, 5) is 13.6. The normalized spacial score (nSPS) is 23.8. The summed E-state index contributed by atoms with van der Waals surface area (Å²) < 4.78 is 4.65. The molecule has 0 spiro atoms. The number of likely N-dealkylation sites (N-methyl/N-ethyl adjacent to an activating group) is 1. The van der Waals surface area contributed by atoms with Crippen LogP contribution in [0.15, 0.2) is 22.8 Å². The largest absolute Gasteiger partial charge is 0.352 e. The Balaban J connectivity index is 2.03. The quantitative estimate of drug-likeness (QED) is 0.785. The van der Waals surface area contributed by atoms with Gasteiger partial charge in [-0.1, -0.05) is 6.07 Å². The summed E-state index contributed by atoms with van der Waals surface area (Å²) >= 11 is 0. The van der Waals surface area contributed by atoms with Gasteiger partial charge in [-0.15, -0.1) is 0 Å².